The standard InChI is InChI=1S/C28H49NO2.ClH/c1-2-3-4-5-6-7-8-9-10-11-12-13-14-18-21-31-28-23-27(30)26(29)22-25(28)24-19-16-15-17-20-24;/h22-24,30H,2-21,29H2,1H3;1H. The Kier molecular flexibility index (Phi) is 16.6. The highest BCUT2D eigenvalue weighted by molar-refractivity contribution is 5.85. The van der Waals surface area contributed by atoms with Gasteiger partial charge in [-0.15, -0.1) is 12.4 Å². The molecule has 0 bridgehead atoms. The lowest BCUT2D eigenvalue weighted by atomic mass is 9.83. The SMILES string of the molecule is CCCCCCCCCCCCCCCCOc1cc(O)c(N)cc1C1CCCCC1.Cl. The largest absolute Gasteiger partial charge is 0.506 e. The molecular weight excluding hydrogens is 418 g/mol. The first-order valence-electron chi connectivity index (χ1n) is 13.5. The van der Waals surface area contributed by atoms with Crippen LogP contribution in [0.15, 0.2) is 12.1 Å². The first-order chi connectivity index (χ1) is 15.2. The van der Waals surface area contributed by atoms with Crippen LogP contribution in [0.25, 0.3) is 0 Å². The molecule has 3 nitrogen and oxygen atoms in total. The van der Waals surface area contributed by atoms with E-state index in [2.05, 4.69) is 6.92 Å². The van der Waals surface area contributed by atoms with Gasteiger partial charge in [0.05, 0.1) is 12.3 Å². The van der Waals surface area contributed by atoms with Gasteiger partial charge in [-0.2, -0.15) is 0 Å². The molecule has 0 amide bonds. The molecule has 1 aromatic carbocycles. The zero-order chi connectivity index (χ0) is 22.2. The third-order valence-electron chi connectivity index (χ3n) is 6.96. The van der Waals surface area contributed by atoms with Crippen molar-refractivity contribution in [2.24, 2.45) is 0 Å². The summed E-state index contributed by atoms with van der Waals surface area (Å²) in [5, 5.41) is 10.0. The highest BCUT2D eigenvalue weighted by atomic mass is 35.5. The Morgan fingerprint density at radius 2 is 1.28 bits per heavy atom. The van der Waals surface area contributed by atoms with Crippen molar-refractivity contribution < 1.29 is 9.84 Å². The normalized spacial score (nSPS) is 14.3. The molecule has 1 saturated carbocycles. The quantitative estimate of drug-likeness (QED) is 0.136. The third-order valence-corrected chi connectivity index (χ3v) is 6.96. The van der Waals surface area contributed by atoms with Crippen LogP contribution in [0.1, 0.15) is 140 Å². The van der Waals surface area contributed by atoms with Gasteiger partial charge in [0.2, 0.25) is 0 Å². The predicted molar refractivity (Wildman–Crippen MR) is 141 cm³/mol. The molecule has 2 rings (SSSR count). The number of rotatable bonds is 17. The number of aromatic hydroxyl groups is 1. The second-order valence-electron chi connectivity index (χ2n) is 9.73. The molecule has 1 fully saturated rings. The first kappa shape index (κ1) is 28.9. The molecule has 1 aromatic rings. The molecule has 0 radical (unpaired) electrons. The van der Waals surface area contributed by atoms with Crippen LogP contribution in [0.3, 0.4) is 0 Å². The van der Waals surface area contributed by atoms with E-state index < -0.39 is 0 Å². The van der Waals surface area contributed by atoms with E-state index in [1.54, 1.807) is 6.07 Å². The van der Waals surface area contributed by atoms with E-state index in [4.69, 9.17) is 10.5 Å². The highest BCUT2D eigenvalue weighted by Gasteiger charge is 2.21. The van der Waals surface area contributed by atoms with Gasteiger partial charge in [0.15, 0.2) is 0 Å². The summed E-state index contributed by atoms with van der Waals surface area (Å²) in [6.07, 6.45) is 25.4. The van der Waals surface area contributed by atoms with Crippen LogP contribution < -0.4 is 10.5 Å². The van der Waals surface area contributed by atoms with E-state index in [0.29, 0.717) is 11.6 Å². The molecule has 1 aliphatic rings. The van der Waals surface area contributed by atoms with Gasteiger partial charge in [-0.25, -0.2) is 0 Å². The average Bonchev–Trinajstić information content (AvgIpc) is 2.79. The number of unbranched alkanes of at least 4 members (excludes halogenated alkanes) is 13. The summed E-state index contributed by atoms with van der Waals surface area (Å²) in [5.41, 5.74) is 7.66. The van der Waals surface area contributed by atoms with E-state index in [1.807, 2.05) is 6.07 Å². The lowest BCUT2D eigenvalue weighted by Gasteiger charge is -2.25. The number of phenols is 1. The van der Waals surface area contributed by atoms with Gasteiger partial charge >= 0.3 is 0 Å². The van der Waals surface area contributed by atoms with Crippen molar-refractivity contribution >= 4 is 18.1 Å². The Hall–Kier alpha value is -1.09. The zero-order valence-electron chi connectivity index (χ0n) is 20.7. The highest BCUT2D eigenvalue weighted by Crippen LogP contribution is 2.41. The summed E-state index contributed by atoms with van der Waals surface area (Å²) in [5.74, 6) is 1.53. The monoisotopic (exact) mass is 467 g/mol. The molecule has 0 aromatic heterocycles. The number of anilines is 1. The Bertz CT molecular complexity index is 587. The molecule has 0 atom stereocenters. The third kappa shape index (κ3) is 11.7. The minimum atomic E-state index is 0. The van der Waals surface area contributed by atoms with E-state index >= 15 is 0 Å². The van der Waals surface area contributed by atoms with Crippen LogP contribution >= 0.6 is 12.4 Å². The minimum Gasteiger partial charge on any atom is -0.506 e. The Morgan fingerprint density at radius 3 is 1.81 bits per heavy atom. The van der Waals surface area contributed by atoms with E-state index in [1.165, 1.54) is 121 Å². The number of phenolic OH excluding ortho intramolecular Hbond substituents is 1. The molecule has 3 N–H and O–H groups in total. The van der Waals surface area contributed by atoms with Gasteiger partial charge in [-0.1, -0.05) is 110 Å². The number of nitrogen functional groups attached to an aromatic ring is 1. The van der Waals surface area contributed by atoms with E-state index in [0.717, 1.165) is 18.8 Å². The van der Waals surface area contributed by atoms with Gasteiger partial charge in [0.1, 0.15) is 11.5 Å². The zero-order valence-corrected chi connectivity index (χ0v) is 21.5. The molecule has 186 valence electrons. The lowest BCUT2D eigenvalue weighted by Crippen LogP contribution is -2.09. The number of benzene rings is 1. The maximum atomic E-state index is 10.0. The summed E-state index contributed by atoms with van der Waals surface area (Å²) in [6.45, 7) is 3.02. The summed E-state index contributed by atoms with van der Waals surface area (Å²) < 4.78 is 6.12. The fraction of sp³-hybridized carbons (Fsp3) is 0.786. The lowest BCUT2D eigenvalue weighted by molar-refractivity contribution is 0.294. The van der Waals surface area contributed by atoms with E-state index in [9.17, 15) is 5.11 Å². The summed E-state index contributed by atoms with van der Waals surface area (Å²) in [7, 11) is 0. The first-order valence-corrected chi connectivity index (χ1v) is 13.5. The second-order valence-corrected chi connectivity index (χ2v) is 9.73. The van der Waals surface area contributed by atoms with Crippen LogP contribution in [-0.4, -0.2) is 11.7 Å². The number of hydrogen-bond acceptors (Lipinski definition) is 3. The minimum absolute atomic E-state index is 0. The molecular formula is C28H50ClNO2. The van der Waals surface area contributed by atoms with Crippen LogP contribution in [-0.2, 0) is 0 Å². The average molecular weight is 468 g/mol. The van der Waals surface area contributed by atoms with Gasteiger partial charge < -0.3 is 15.6 Å². The molecule has 1 aliphatic carbocycles. The van der Waals surface area contributed by atoms with Gasteiger partial charge in [0.25, 0.3) is 0 Å². The van der Waals surface area contributed by atoms with Crippen molar-refractivity contribution in [3.05, 3.63) is 17.7 Å². The van der Waals surface area contributed by atoms with E-state index in [-0.39, 0.29) is 18.2 Å². The summed E-state index contributed by atoms with van der Waals surface area (Å²) >= 11 is 0. The smallest absolute Gasteiger partial charge is 0.142 e. The summed E-state index contributed by atoms with van der Waals surface area (Å²) in [6, 6.07) is 3.69. The van der Waals surface area contributed by atoms with Crippen molar-refractivity contribution in [1.29, 1.82) is 0 Å². The topological polar surface area (TPSA) is 55.5 Å². The maximum absolute atomic E-state index is 10.0. The van der Waals surface area contributed by atoms with Crippen LogP contribution in [0.2, 0.25) is 0 Å². The molecule has 0 spiro atoms. The predicted octanol–water partition coefficient (Wildman–Crippen LogP) is 9.30. The van der Waals surface area contributed by atoms with Crippen molar-refractivity contribution in [3.8, 4) is 11.5 Å². The van der Waals surface area contributed by atoms with Crippen LogP contribution in [0, 0.1) is 0 Å². The molecule has 0 saturated heterocycles. The number of nitrogens with two attached hydrogens (primary N) is 1. The fourth-order valence-corrected chi connectivity index (χ4v) is 4.94. The van der Waals surface area contributed by atoms with Gasteiger partial charge in [0, 0.05) is 6.07 Å². The molecule has 4 heteroatoms. The van der Waals surface area contributed by atoms with Crippen LogP contribution in [0.4, 0.5) is 5.69 Å². The van der Waals surface area contributed by atoms with Crippen molar-refractivity contribution in [3.63, 3.8) is 0 Å². The molecule has 0 aliphatic heterocycles. The molecule has 32 heavy (non-hydrogen) atoms. The van der Waals surface area contributed by atoms with Crippen molar-refractivity contribution in [1.82, 2.24) is 0 Å². The van der Waals surface area contributed by atoms with Crippen LogP contribution in [0.5, 0.6) is 11.5 Å². The Balaban J connectivity index is 0.00000512. The van der Waals surface area contributed by atoms with Crippen molar-refractivity contribution in [2.75, 3.05) is 12.3 Å². The van der Waals surface area contributed by atoms with Gasteiger partial charge in [-0.3, -0.25) is 0 Å². The molecule has 0 unspecified atom stereocenters. The van der Waals surface area contributed by atoms with Crippen molar-refractivity contribution in [2.45, 2.75) is 135 Å². The summed E-state index contributed by atoms with van der Waals surface area (Å²) in [4.78, 5) is 0. The maximum Gasteiger partial charge on any atom is 0.142 e. The fourth-order valence-electron chi connectivity index (χ4n) is 4.94. The Morgan fingerprint density at radius 1 is 0.781 bits per heavy atom. The number of ether oxygens (including phenoxy) is 1. The Labute approximate surface area is 204 Å². The second kappa shape index (κ2) is 18.3. The molecule has 0 heterocycles. The van der Waals surface area contributed by atoms with Gasteiger partial charge in [-0.05, 0) is 36.8 Å². The number of halogens is 1. The number of hydrogen-bond donors (Lipinski definition) is 2.